The normalized spacial score (nSPS) is 11.3. The van der Waals surface area contributed by atoms with E-state index in [0.29, 0.717) is 6.54 Å². The van der Waals surface area contributed by atoms with Crippen LogP contribution >= 0.6 is 0 Å². The van der Waals surface area contributed by atoms with Crippen LogP contribution in [0.1, 0.15) is 26.5 Å². The molecule has 1 amide bonds. The number of nitrogens with one attached hydrogen (secondary N) is 1. The van der Waals surface area contributed by atoms with E-state index in [0.717, 1.165) is 27.7 Å². The first-order valence-corrected chi connectivity index (χ1v) is 8.33. The lowest BCUT2D eigenvalue weighted by atomic mass is 10.00. The molecule has 0 saturated carbocycles. The molecule has 0 saturated heterocycles. The standard InChI is InChI=1S/C21H22N2O2/c1-21(2,3)25-20(24)22-14-16-13-18(15-9-5-4-6-10-15)17-11-7-8-12-19(17)23-16/h4-13H,14H2,1-3H3,(H,22,24). The molecule has 1 heterocycles. The molecule has 3 aromatic rings. The summed E-state index contributed by atoms with van der Waals surface area (Å²) in [5, 5.41) is 3.87. The number of para-hydroxylation sites is 1. The maximum Gasteiger partial charge on any atom is 0.407 e. The average molecular weight is 334 g/mol. The highest BCUT2D eigenvalue weighted by Gasteiger charge is 2.16. The van der Waals surface area contributed by atoms with Crippen molar-refractivity contribution in [3.8, 4) is 11.1 Å². The van der Waals surface area contributed by atoms with Crippen LogP contribution in [-0.2, 0) is 11.3 Å². The SMILES string of the molecule is CC(C)(C)OC(=O)NCc1cc(-c2ccccc2)c2ccccc2n1. The first-order valence-electron chi connectivity index (χ1n) is 8.33. The Balaban J connectivity index is 1.91. The maximum atomic E-state index is 11.9. The maximum absolute atomic E-state index is 11.9. The fourth-order valence-electron chi connectivity index (χ4n) is 2.65. The van der Waals surface area contributed by atoms with Crippen molar-refractivity contribution in [1.29, 1.82) is 0 Å². The summed E-state index contributed by atoms with van der Waals surface area (Å²) < 4.78 is 5.28. The number of rotatable bonds is 3. The highest BCUT2D eigenvalue weighted by molar-refractivity contribution is 5.94. The number of benzene rings is 2. The number of aromatic nitrogens is 1. The highest BCUT2D eigenvalue weighted by atomic mass is 16.6. The first kappa shape index (κ1) is 17.0. The van der Waals surface area contributed by atoms with Crippen molar-refractivity contribution < 1.29 is 9.53 Å². The van der Waals surface area contributed by atoms with Crippen LogP contribution < -0.4 is 5.32 Å². The summed E-state index contributed by atoms with van der Waals surface area (Å²) in [7, 11) is 0. The Morgan fingerprint density at radius 1 is 1.04 bits per heavy atom. The number of carbonyl (C=O) groups is 1. The number of hydrogen-bond acceptors (Lipinski definition) is 3. The van der Waals surface area contributed by atoms with E-state index in [4.69, 9.17) is 4.74 Å². The van der Waals surface area contributed by atoms with Gasteiger partial charge in [-0.1, -0.05) is 48.5 Å². The summed E-state index contributed by atoms with van der Waals surface area (Å²) >= 11 is 0. The predicted molar refractivity (Wildman–Crippen MR) is 100 cm³/mol. The Morgan fingerprint density at radius 2 is 1.72 bits per heavy atom. The summed E-state index contributed by atoms with van der Waals surface area (Å²) in [6, 6.07) is 20.2. The summed E-state index contributed by atoms with van der Waals surface area (Å²) in [6.07, 6.45) is -0.441. The van der Waals surface area contributed by atoms with Gasteiger partial charge in [0.05, 0.1) is 17.8 Å². The van der Waals surface area contributed by atoms with Crippen LogP contribution in [0.4, 0.5) is 4.79 Å². The van der Waals surface area contributed by atoms with Crippen LogP contribution in [0.25, 0.3) is 22.0 Å². The zero-order valence-electron chi connectivity index (χ0n) is 14.7. The van der Waals surface area contributed by atoms with Crippen LogP contribution in [0.2, 0.25) is 0 Å². The lowest BCUT2D eigenvalue weighted by molar-refractivity contribution is 0.0523. The van der Waals surface area contributed by atoms with Crippen LogP contribution in [0.3, 0.4) is 0 Å². The van der Waals surface area contributed by atoms with Gasteiger partial charge in [0.2, 0.25) is 0 Å². The Bertz CT molecular complexity index is 883. The smallest absolute Gasteiger partial charge is 0.407 e. The van der Waals surface area contributed by atoms with E-state index in [1.54, 1.807) is 0 Å². The molecule has 4 nitrogen and oxygen atoms in total. The summed E-state index contributed by atoms with van der Waals surface area (Å²) in [4.78, 5) is 16.5. The number of nitrogens with zero attached hydrogens (tertiary/aromatic N) is 1. The van der Waals surface area contributed by atoms with E-state index in [1.165, 1.54) is 0 Å². The fourth-order valence-corrected chi connectivity index (χ4v) is 2.65. The molecule has 0 fully saturated rings. The Kier molecular flexibility index (Phi) is 4.70. The average Bonchev–Trinajstić information content (AvgIpc) is 2.58. The molecule has 0 bridgehead atoms. The van der Waals surface area contributed by atoms with Crippen LogP contribution in [0, 0.1) is 0 Å². The zero-order chi connectivity index (χ0) is 17.9. The van der Waals surface area contributed by atoms with Crippen molar-refractivity contribution in [2.24, 2.45) is 0 Å². The molecule has 1 N–H and O–H groups in total. The van der Waals surface area contributed by atoms with E-state index in [-0.39, 0.29) is 0 Å². The molecular formula is C21H22N2O2. The minimum absolute atomic E-state index is 0.319. The second-order valence-electron chi connectivity index (χ2n) is 6.90. The van der Waals surface area contributed by atoms with Gasteiger partial charge in [0.25, 0.3) is 0 Å². The quantitative estimate of drug-likeness (QED) is 0.739. The van der Waals surface area contributed by atoms with E-state index in [9.17, 15) is 4.79 Å². The van der Waals surface area contributed by atoms with E-state index in [2.05, 4.69) is 28.5 Å². The van der Waals surface area contributed by atoms with Crippen molar-refractivity contribution in [3.63, 3.8) is 0 Å². The minimum atomic E-state index is -0.518. The van der Waals surface area contributed by atoms with Gasteiger partial charge in [-0.3, -0.25) is 4.98 Å². The zero-order valence-corrected chi connectivity index (χ0v) is 14.7. The lowest BCUT2D eigenvalue weighted by Crippen LogP contribution is -2.32. The topological polar surface area (TPSA) is 51.2 Å². The monoisotopic (exact) mass is 334 g/mol. The third-order valence-electron chi connectivity index (χ3n) is 3.67. The Morgan fingerprint density at radius 3 is 2.44 bits per heavy atom. The van der Waals surface area contributed by atoms with Crippen molar-refractivity contribution in [2.75, 3.05) is 0 Å². The number of alkyl carbamates (subject to hydrolysis) is 1. The molecule has 2 aromatic carbocycles. The van der Waals surface area contributed by atoms with Crippen LogP contribution in [0.5, 0.6) is 0 Å². The molecule has 25 heavy (non-hydrogen) atoms. The van der Waals surface area contributed by atoms with Crippen molar-refractivity contribution >= 4 is 17.0 Å². The van der Waals surface area contributed by atoms with Gasteiger partial charge in [-0.2, -0.15) is 0 Å². The number of hydrogen-bond donors (Lipinski definition) is 1. The second-order valence-corrected chi connectivity index (χ2v) is 6.90. The van der Waals surface area contributed by atoms with Gasteiger partial charge in [0, 0.05) is 5.39 Å². The third kappa shape index (κ3) is 4.35. The van der Waals surface area contributed by atoms with Gasteiger partial charge in [0.15, 0.2) is 0 Å². The van der Waals surface area contributed by atoms with Gasteiger partial charge in [0.1, 0.15) is 5.60 Å². The van der Waals surface area contributed by atoms with Gasteiger partial charge >= 0.3 is 6.09 Å². The summed E-state index contributed by atoms with van der Waals surface area (Å²) in [5.41, 5.74) is 3.41. The molecule has 3 rings (SSSR count). The van der Waals surface area contributed by atoms with Gasteiger partial charge in [-0.15, -0.1) is 0 Å². The van der Waals surface area contributed by atoms with Crippen molar-refractivity contribution in [2.45, 2.75) is 32.9 Å². The molecule has 0 atom stereocenters. The summed E-state index contributed by atoms with van der Waals surface area (Å²) in [6.45, 7) is 5.84. The number of ether oxygens (including phenoxy) is 1. The molecule has 1 aromatic heterocycles. The van der Waals surface area contributed by atoms with E-state index < -0.39 is 11.7 Å². The van der Waals surface area contributed by atoms with Gasteiger partial charge in [-0.05, 0) is 44.0 Å². The fraction of sp³-hybridized carbons (Fsp3) is 0.238. The number of fused-ring (bicyclic) bond motifs is 1. The van der Waals surface area contributed by atoms with Crippen LogP contribution in [-0.4, -0.2) is 16.7 Å². The number of carbonyl (C=O) groups excluding carboxylic acids is 1. The largest absolute Gasteiger partial charge is 0.444 e. The molecule has 0 aliphatic carbocycles. The van der Waals surface area contributed by atoms with Crippen LogP contribution in [0.15, 0.2) is 60.7 Å². The molecular weight excluding hydrogens is 312 g/mol. The van der Waals surface area contributed by atoms with Gasteiger partial charge in [-0.25, -0.2) is 4.79 Å². The molecule has 0 unspecified atom stereocenters. The molecule has 4 heteroatoms. The molecule has 128 valence electrons. The molecule has 0 spiro atoms. The molecule has 0 aliphatic heterocycles. The van der Waals surface area contributed by atoms with Crippen molar-refractivity contribution in [1.82, 2.24) is 10.3 Å². The Labute approximate surface area is 147 Å². The minimum Gasteiger partial charge on any atom is -0.444 e. The molecule has 0 radical (unpaired) electrons. The molecule has 0 aliphatic rings. The van der Waals surface area contributed by atoms with E-state index >= 15 is 0 Å². The predicted octanol–water partition coefficient (Wildman–Crippen LogP) is 4.93. The third-order valence-corrected chi connectivity index (χ3v) is 3.67. The highest BCUT2D eigenvalue weighted by Crippen LogP contribution is 2.28. The van der Waals surface area contributed by atoms with Gasteiger partial charge < -0.3 is 10.1 Å². The number of amides is 1. The number of pyridine rings is 1. The first-order chi connectivity index (χ1) is 11.9. The summed E-state index contributed by atoms with van der Waals surface area (Å²) in [5.74, 6) is 0. The van der Waals surface area contributed by atoms with Crippen molar-refractivity contribution in [3.05, 3.63) is 66.4 Å². The van der Waals surface area contributed by atoms with E-state index in [1.807, 2.05) is 63.2 Å². The second kappa shape index (κ2) is 6.93. The lowest BCUT2D eigenvalue weighted by Gasteiger charge is -2.19. The Hall–Kier alpha value is -2.88.